The molecule has 1 heterocycles. The summed E-state index contributed by atoms with van der Waals surface area (Å²) in [6.45, 7) is 21.3. The number of hydrogen-bond donors (Lipinski definition) is 0. The molecule has 3 aromatic rings. The Morgan fingerprint density at radius 1 is 0.933 bits per heavy atom. The number of aromatic nitrogens is 1. The summed E-state index contributed by atoms with van der Waals surface area (Å²) in [5.41, 5.74) is 7.21. The molecule has 0 unspecified atom stereocenters. The summed E-state index contributed by atoms with van der Waals surface area (Å²) in [7, 11) is 0. The maximum Gasteiger partial charge on any atom is 0.0543 e. The van der Waals surface area contributed by atoms with Crippen molar-refractivity contribution in [3.63, 3.8) is 0 Å². The second kappa shape index (κ2) is 13.0. The van der Waals surface area contributed by atoms with Crippen molar-refractivity contribution in [1.82, 2.24) is 4.57 Å². The highest BCUT2D eigenvalue weighted by atomic mass is 15.0. The fourth-order valence-corrected chi connectivity index (χ4v) is 3.21. The van der Waals surface area contributed by atoms with Gasteiger partial charge in [-0.05, 0) is 50.6 Å². The van der Waals surface area contributed by atoms with E-state index in [-0.39, 0.29) is 0 Å². The maximum absolute atomic E-state index is 4.02. The van der Waals surface area contributed by atoms with Gasteiger partial charge in [-0.1, -0.05) is 99.9 Å². The summed E-state index contributed by atoms with van der Waals surface area (Å²) in [6.07, 6.45) is 11.6. The van der Waals surface area contributed by atoms with Gasteiger partial charge in [-0.15, -0.1) is 0 Å². The fourth-order valence-electron chi connectivity index (χ4n) is 3.21. The zero-order chi connectivity index (χ0) is 22.5. The molecule has 0 aliphatic carbocycles. The predicted molar refractivity (Wildman–Crippen MR) is 138 cm³/mol. The van der Waals surface area contributed by atoms with Gasteiger partial charge in [-0.25, -0.2) is 0 Å². The molecule has 30 heavy (non-hydrogen) atoms. The van der Waals surface area contributed by atoms with Crippen LogP contribution in [-0.2, 0) is 0 Å². The van der Waals surface area contributed by atoms with Gasteiger partial charge in [-0.3, -0.25) is 0 Å². The lowest BCUT2D eigenvalue weighted by Gasteiger charge is -2.09. The predicted octanol–water partition coefficient (Wildman–Crippen LogP) is 8.95. The molecule has 0 amide bonds. The van der Waals surface area contributed by atoms with Crippen LogP contribution in [0.1, 0.15) is 44.5 Å². The molecule has 0 radical (unpaired) electrons. The van der Waals surface area contributed by atoms with Crippen molar-refractivity contribution in [2.45, 2.75) is 34.6 Å². The summed E-state index contributed by atoms with van der Waals surface area (Å²) in [4.78, 5) is 0. The normalized spacial score (nSPS) is 10.6. The largest absolute Gasteiger partial charge is 0.309 e. The Labute approximate surface area is 183 Å². The SMILES string of the molecule is C=C/C=C(/C)C=C.C=Cc1c(/C=C\C)n(-c2ccccc2)c2cccc(C)c12.CC. The molecule has 0 aliphatic rings. The lowest BCUT2D eigenvalue weighted by atomic mass is 10.1. The third kappa shape index (κ3) is 5.84. The van der Waals surface area contributed by atoms with Crippen molar-refractivity contribution in [2.75, 3.05) is 0 Å². The van der Waals surface area contributed by atoms with Crippen molar-refractivity contribution in [1.29, 1.82) is 0 Å². The lowest BCUT2D eigenvalue weighted by molar-refractivity contribution is 1.10. The molecule has 0 bridgehead atoms. The van der Waals surface area contributed by atoms with Gasteiger partial charge in [0.25, 0.3) is 0 Å². The van der Waals surface area contributed by atoms with Gasteiger partial charge in [0.15, 0.2) is 0 Å². The first-order chi connectivity index (χ1) is 14.6. The van der Waals surface area contributed by atoms with Crippen molar-refractivity contribution >= 4 is 23.1 Å². The Morgan fingerprint density at radius 3 is 2.10 bits per heavy atom. The smallest absolute Gasteiger partial charge is 0.0543 e. The first-order valence-corrected chi connectivity index (χ1v) is 10.4. The third-order valence-electron chi connectivity index (χ3n) is 4.52. The van der Waals surface area contributed by atoms with Gasteiger partial charge in [0.2, 0.25) is 0 Å². The molecule has 2 aromatic carbocycles. The summed E-state index contributed by atoms with van der Waals surface area (Å²) < 4.78 is 2.30. The summed E-state index contributed by atoms with van der Waals surface area (Å²) in [5.74, 6) is 0. The van der Waals surface area contributed by atoms with Crippen LogP contribution < -0.4 is 0 Å². The summed E-state index contributed by atoms with van der Waals surface area (Å²) >= 11 is 0. The van der Waals surface area contributed by atoms with E-state index in [1.165, 1.54) is 33.4 Å². The molecule has 0 fully saturated rings. The Hall–Kier alpha value is -3.32. The molecule has 0 saturated heterocycles. The van der Waals surface area contributed by atoms with E-state index in [9.17, 15) is 0 Å². The number of aryl methyl sites for hydroxylation is 1. The molecule has 0 aliphatic heterocycles. The van der Waals surface area contributed by atoms with Crippen LogP contribution in [0.2, 0.25) is 0 Å². The number of hydrogen-bond acceptors (Lipinski definition) is 0. The Morgan fingerprint density at radius 2 is 1.60 bits per heavy atom. The second-order valence-corrected chi connectivity index (χ2v) is 6.49. The number of para-hydroxylation sites is 1. The minimum absolute atomic E-state index is 1.15. The van der Waals surface area contributed by atoms with Crippen LogP contribution in [0.15, 0.2) is 98.1 Å². The number of fused-ring (bicyclic) bond motifs is 1. The van der Waals surface area contributed by atoms with Crippen LogP contribution in [-0.4, -0.2) is 4.57 Å². The highest BCUT2D eigenvalue weighted by molar-refractivity contribution is 5.97. The lowest BCUT2D eigenvalue weighted by Crippen LogP contribution is -1.96. The first-order valence-electron chi connectivity index (χ1n) is 10.4. The van der Waals surface area contributed by atoms with Gasteiger partial charge in [0.05, 0.1) is 11.2 Å². The summed E-state index contributed by atoms with van der Waals surface area (Å²) in [6, 6.07) is 16.9. The minimum atomic E-state index is 1.15. The van der Waals surface area contributed by atoms with E-state index in [1.807, 2.05) is 45.9 Å². The van der Waals surface area contributed by atoms with Crippen LogP contribution in [0.25, 0.3) is 28.7 Å². The molecular weight excluding hydrogens is 362 g/mol. The van der Waals surface area contributed by atoms with Gasteiger partial charge < -0.3 is 4.57 Å². The molecule has 0 atom stereocenters. The minimum Gasteiger partial charge on any atom is -0.309 e. The van der Waals surface area contributed by atoms with Crippen LogP contribution in [0, 0.1) is 6.92 Å². The first kappa shape index (κ1) is 24.7. The zero-order valence-corrected chi connectivity index (χ0v) is 19.2. The molecule has 0 N–H and O–H groups in total. The molecule has 0 spiro atoms. The number of rotatable bonds is 5. The zero-order valence-electron chi connectivity index (χ0n) is 19.2. The third-order valence-corrected chi connectivity index (χ3v) is 4.52. The van der Waals surface area contributed by atoms with Gasteiger partial charge >= 0.3 is 0 Å². The molecule has 1 aromatic heterocycles. The topological polar surface area (TPSA) is 4.93 Å². The van der Waals surface area contributed by atoms with E-state index in [0.717, 1.165) is 5.57 Å². The van der Waals surface area contributed by atoms with E-state index >= 15 is 0 Å². The van der Waals surface area contributed by atoms with Crippen molar-refractivity contribution < 1.29 is 0 Å². The van der Waals surface area contributed by atoms with E-state index in [2.05, 4.69) is 85.8 Å². The van der Waals surface area contributed by atoms with Gasteiger partial charge in [0, 0.05) is 16.6 Å². The quantitative estimate of drug-likeness (QED) is 0.379. The molecule has 1 heteroatoms. The van der Waals surface area contributed by atoms with E-state index in [0.29, 0.717) is 0 Å². The Kier molecular flexibility index (Phi) is 10.7. The number of benzene rings is 2. The molecule has 0 saturated carbocycles. The van der Waals surface area contributed by atoms with Crippen molar-refractivity contribution in [3.05, 3.63) is 115 Å². The van der Waals surface area contributed by atoms with Crippen molar-refractivity contribution in [2.24, 2.45) is 0 Å². The monoisotopic (exact) mass is 397 g/mol. The molecule has 1 nitrogen and oxygen atoms in total. The molecular formula is C29H35N. The Bertz CT molecular complexity index is 1030. The number of nitrogens with zero attached hydrogens (tertiary/aromatic N) is 1. The van der Waals surface area contributed by atoms with Gasteiger partial charge in [0.1, 0.15) is 0 Å². The van der Waals surface area contributed by atoms with Crippen LogP contribution in [0.4, 0.5) is 0 Å². The van der Waals surface area contributed by atoms with E-state index in [4.69, 9.17) is 0 Å². The van der Waals surface area contributed by atoms with Crippen LogP contribution in [0.5, 0.6) is 0 Å². The molecule has 156 valence electrons. The maximum atomic E-state index is 4.02. The van der Waals surface area contributed by atoms with Crippen molar-refractivity contribution in [3.8, 4) is 5.69 Å². The van der Waals surface area contributed by atoms with Crippen LogP contribution >= 0.6 is 0 Å². The summed E-state index contributed by atoms with van der Waals surface area (Å²) in [5, 5.41) is 1.28. The fraction of sp³-hybridized carbons (Fsp3) is 0.172. The Balaban J connectivity index is 0.000000428. The van der Waals surface area contributed by atoms with Gasteiger partial charge in [-0.2, -0.15) is 0 Å². The van der Waals surface area contributed by atoms with E-state index in [1.54, 1.807) is 12.2 Å². The van der Waals surface area contributed by atoms with E-state index < -0.39 is 0 Å². The standard InChI is InChI=1S/C20H19N.C7H10.C2H6/c1-4-10-18-17(5-2)20-15(3)11-9-14-19(20)21(18)16-12-7-6-8-13-16;1-4-6-7(3)5-2;1-2/h4-14H,2H2,1,3H3;4-6H,1-2H2,3H3;1-2H3/b10-4-;7-6-;. The highest BCUT2D eigenvalue weighted by Crippen LogP contribution is 2.33. The van der Waals surface area contributed by atoms with Crippen LogP contribution in [0.3, 0.4) is 0 Å². The second-order valence-electron chi connectivity index (χ2n) is 6.49. The number of allylic oxidation sites excluding steroid dienone is 5. The average molecular weight is 398 g/mol. The molecule has 3 rings (SSSR count). The average Bonchev–Trinajstić information content (AvgIpc) is 3.11. The highest BCUT2D eigenvalue weighted by Gasteiger charge is 2.15.